The van der Waals surface area contributed by atoms with Crippen molar-refractivity contribution in [3.05, 3.63) is 218 Å². The zero-order chi connectivity index (χ0) is 42.5. The molecule has 0 spiro atoms. The van der Waals surface area contributed by atoms with E-state index in [1.807, 2.05) is 48.5 Å². The van der Waals surface area contributed by atoms with Crippen molar-refractivity contribution >= 4 is 22.1 Å². The predicted octanol–water partition coefficient (Wildman–Crippen LogP) is 9.69. The zero-order valence-electron chi connectivity index (χ0n) is 31.7. The van der Waals surface area contributed by atoms with Crippen LogP contribution in [0.15, 0.2) is 164 Å². The minimum absolute atomic E-state index is 0. The quantitative estimate of drug-likeness (QED) is 0.0982. The number of halogens is 7. The molecule has 0 atom stereocenters. The molecule has 62 heavy (non-hydrogen) atoms. The average molecular weight is 1010 g/mol. The molecule has 0 fully saturated rings. The number of fused-ring (bicyclic) bond motifs is 2. The van der Waals surface area contributed by atoms with Crippen LogP contribution in [-0.4, -0.2) is 19.2 Å². The summed E-state index contributed by atoms with van der Waals surface area (Å²) >= 11 is 0. The third kappa shape index (κ3) is 9.54. The van der Waals surface area contributed by atoms with Crippen molar-refractivity contribution in [3.8, 4) is 34.1 Å². The molecule has 0 bridgehead atoms. The smallest absolute Gasteiger partial charge is 0.431 e. The van der Waals surface area contributed by atoms with Crippen LogP contribution in [0.5, 0.6) is 0 Å². The summed E-state index contributed by atoms with van der Waals surface area (Å²) in [6.07, 6.45) is 3.32. The van der Waals surface area contributed by atoms with E-state index in [1.165, 1.54) is 66.9 Å². The number of benzene rings is 6. The fourth-order valence-electron chi connectivity index (χ4n) is 6.28. The molecule has 0 aliphatic rings. The van der Waals surface area contributed by atoms with Crippen LogP contribution in [0.25, 0.3) is 56.2 Å². The van der Waals surface area contributed by atoms with Crippen LogP contribution in [0.4, 0.5) is 30.7 Å². The molecule has 311 valence electrons. The van der Waals surface area contributed by atoms with Crippen molar-refractivity contribution < 1.29 is 60.0 Å². The van der Waals surface area contributed by atoms with E-state index in [2.05, 4.69) is 40.0 Å². The molecule has 4 aromatic heterocycles. The average Bonchev–Trinajstić information content (AvgIpc) is 4.02. The molecule has 10 rings (SSSR count). The van der Waals surface area contributed by atoms with Crippen molar-refractivity contribution in [1.29, 1.82) is 0 Å². The Morgan fingerprint density at radius 1 is 0.532 bits per heavy atom. The van der Waals surface area contributed by atoms with Gasteiger partial charge in [0, 0.05) is 43.6 Å². The van der Waals surface area contributed by atoms with Gasteiger partial charge in [-0.1, -0.05) is 72.4 Å². The molecule has 4 heterocycles. The predicted molar refractivity (Wildman–Crippen MR) is 211 cm³/mol. The van der Waals surface area contributed by atoms with E-state index in [1.54, 1.807) is 60.7 Å². The van der Waals surface area contributed by atoms with Crippen LogP contribution in [0, 0.1) is 48.1 Å². The molecule has 0 saturated carbocycles. The maximum absolute atomic E-state index is 13.5. The van der Waals surface area contributed by atoms with Crippen LogP contribution >= 0.6 is 0 Å². The van der Waals surface area contributed by atoms with Crippen LogP contribution in [0.1, 0.15) is 5.69 Å². The summed E-state index contributed by atoms with van der Waals surface area (Å²) in [6.45, 7) is 0. The Morgan fingerprint density at radius 3 is 1.45 bits per heavy atom. The van der Waals surface area contributed by atoms with Gasteiger partial charge in [-0.05, 0) is 66.0 Å². The summed E-state index contributed by atoms with van der Waals surface area (Å²) in [6, 6.07) is 48.0. The van der Waals surface area contributed by atoms with Crippen molar-refractivity contribution in [2.24, 2.45) is 0 Å². The number of pyridine rings is 1. The summed E-state index contributed by atoms with van der Waals surface area (Å²) in [4.78, 5) is 3.87. The van der Waals surface area contributed by atoms with Crippen LogP contribution in [-0.2, 0) is 26.3 Å². The Kier molecular flexibility index (Phi) is 12.9. The monoisotopic (exact) mass is 1020 g/mol. The van der Waals surface area contributed by atoms with Crippen molar-refractivity contribution in [3.63, 3.8) is 0 Å². The summed E-state index contributed by atoms with van der Waals surface area (Å²) in [5.74, 6) is -1.33. The van der Waals surface area contributed by atoms with Crippen LogP contribution in [0.2, 0.25) is 0 Å². The Bertz CT molecular complexity index is 2780. The number of rotatable bonds is 5. The number of hydrogen-bond acceptors (Lipinski definition) is 2. The number of imidazole rings is 2. The first kappa shape index (κ1) is 42.9. The molecular weight excluding hydrogens is 988 g/mol. The van der Waals surface area contributed by atoms with Gasteiger partial charge < -0.3 is 19.3 Å². The van der Waals surface area contributed by atoms with Gasteiger partial charge in [-0.15, -0.1) is 24.3 Å². The third-order valence-corrected chi connectivity index (χ3v) is 9.00. The molecule has 0 saturated heterocycles. The van der Waals surface area contributed by atoms with Crippen molar-refractivity contribution in [2.75, 3.05) is 0 Å². The van der Waals surface area contributed by atoms with Gasteiger partial charge in [0.15, 0.2) is 0 Å². The van der Waals surface area contributed by atoms with Gasteiger partial charge in [-0.3, -0.25) is 14.1 Å². The number of nitrogens with zero attached hydrogens (tertiary/aromatic N) is 7. The Hall–Kier alpha value is -7.22. The fraction of sp³-hybridized carbons (Fsp3) is 0.0213. The minimum atomic E-state index is -4.46. The van der Waals surface area contributed by atoms with Gasteiger partial charge in [0.25, 0.3) is 12.7 Å². The number of hydrogen-bond donors (Lipinski definition) is 0. The number of alkyl halides is 3. The van der Waals surface area contributed by atoms with E-state index in [-0.39, 0.29) is 49.1 Å². The molecule has 10 aromatic rings. The van der Waals surface area contributed by atoms with E-state index < -0.39 is 11.9 Å². The molecule has 6 aromatic carbocycles. The van der Waals surface area contributed by atoms with E-state index in [0.29, 0.717) is 28.4 Å². The molecule has 0 unspecified atom stereocenters. The zero-order valence-corrected chi connectivity index (χ0v) is 34.1. The van der Waals surface area contributed by atoms with Gasteiger partial charge in [0.2, 0.25) is 0 Å². The standard InChI is InChI=1S/2C19H11F2N2.C9H5F3N3.Ir/c2*20-14-5-3-7-16(11-14)22-13-23(17-8-4-6-15(21)12-17)19-10-2-1-9-18(19)22;10-9(11,12)8-5-7(14-15-8)6-3-1-2-4-13-6;/h2*1-7,9-12H;1-5H;/q3*-1;. The molecule has 0 amide bonds. The van der Waals surface area contributed by atoms with Gasteiger partial charge in [-0.25, -0.2) is 17.6 Å². The first-order chi connectivity index (χ1) is 29.5. The van der Waals surface area contributed by atoms with Crippen molar-refractivity contribution in [1.82, 2.24) is 24.3 Å². The second-order valence-electron chi connectivity index (χ2n) is 13.1. The molecular formula is C47H27F7IrN7-3. The Labute approximate surface area is 363 Å². The van der Waals surface area contributed by atoms with Crippen LogP contribution in [0.3, 0.4) is 0 Å². The normalized spacial score (nSPS) is 11.0. The molecule has 7 nitrogen and oxygen atoms in total. The molecule has 0 aliphatic heterocycles. The van der Waals surface area contributed by atoms with Gasteiger partial charge >= 0.3 is 6.18 Å². The minimum Gasteiger partial charge on any atom is -0.573 e. The molecule has 15 heteroatoms. The van der Waals surface area contributed by atoms with Crippen molar-refractivity contribution in [2.45, 2.75) is 6.18 Å². The largest absolute Gasteiger partial charge is 0.573 e. The van der Waals surface area contributed by atoms with E-state index in [0.717, 1.165) is 28.1 Å². The van der Waals surface area contributed by atoms with Gasteiger partial charge in [0.1, 0.15) is 17.3 Å². The van der Waals surface area contributed by atoms with Crippen LogP contribution < -0.4 is 14.2 Å². The van der Waals surface area contributed by atoms with E-state index in [9.17, 15) is 30.7 Å². The Balaban J connectivity index is 0.000000142. The topological polar surface area (TPSA) is 57.5 Å². The fourth-order valence-corrected chi connectivity index (χ4v) is 6.28. The summed E-state index contributed by atoms with van der Waals surface area (Å²) in [5, 5.41) is 6.47. The summed E-state index contributed by atoms with van der Waals surface area (Å²) < 4.78 is 97.7. The third-order valence-electron chi connectivity index (χ3n) is 9.00. The van der Waals surface area contributed by atoms with E-state index in [4.69, 9.17) is 0 Å². The second kappa shape index (κ2) is 18.6. The van der Waals surface area contributed by atoms with E-state index >= 15 is 0 Å². The second-order valence-corrected chi connectivity index (χ2v) is 13.1. The summed E-state index contributed by atoms with van der Waals surface area (Å²) in [7, 11) is 0. The first-order valence-electron chi connectivity index (χ1n) is 18.3. The van der Waals surface area contributed by atoms with Gasteiger partial charge in [-0.2, -0.15) is 37.4 Å². The van der Waals surface area contributed by atoms with Gasteiger partial charge in [0.05, 0.1) is 33.4 Å². The maximum Gasteiger partial charge on any atom is 0.431 e. The molecule has 0 N–H and O–H groups in total. The first-order valence-corrected chi connectivity index (χ1v) is 18.3. The Morgan fingerprint density at radius 2 is 1.02 bits per heavy atom. The molecule has 0 aliphatic carbocycles. The SMILES string of the molecule is FC(F)(F)c1cc(-c2ccccn2)[n-]n1.Fc1cc[c-]c(-n2[c-][n+](-c3cccc(F)c3)c3ccccc32)c1.Fc1cc[c-]c(-n2[c-][n+](-c3cccc(F)c3)c3ccccc32)c1.[Ir]. The molecule has 1 radical (unpaired) electrons. The number of aromatic nitrogens is 7. The summed E-state index contributed by atoms with van der Waals surface area (Å²) in [5.41, 5.74) is 5.23. The number of para-hydroxylation sites is 4. The maximum atomic E-state index is 13.5.